The van der Waals surface area contributed by atoms with Crippen LogP contribution in [0.4, 0.5) is 10.1 Å². The molecule has 3 aromatic carbocycles. The molecule has 0 spiro atoms. The van der Waals surface area contributed by atoms with Gasteiger partial charge >= 0.3 is 0 Å². The number of benzene rings is 3. The number of aliphatic hydroxyl groups is 1. The number of rotatable bonds is 5. The highest BCUT2D eigenvalue weighted by atomic mass is 19.1. The monoisotopic (exact) mass is 309 g/mol. The van der Waals surface area contributed by atoms with E-state index in [2.05, 4.69) is 11.4 Å². The largest absolute Gasteiger partial charge is 0.388 e. The van der Waals surface area contributed by atoms with Gasteiger partial charge in [-0.15, -0.1) is 0 Å². The van der Waals surface area contributed by atoms with Gasteiger partial charge in [0.05, 0.1) is 6.10 Å². The number of halogens is 1. The second kappa shape index (κ2) is 6.80. The Kier molecular flexibility index (Phi) is 4.58. The first-order valence-corrected chi connectivity index (χ1v) is 7.80. The van der Waals surface area contributed by atoms with Gasteiger partial charge in [0, 0.05) is 12.2 Å². The van der Waals surface area contributed by atoms with Crippen LogP contribution >= 0.6 is 0 Å². The van der Waals surface area contributed by atoms with Crippen molar-refractivity contribution >= 4 is 16.5 Å². The third-order valence-corrected chi connectivity index (χ3v) is 4.08. The Bertz CT molecular complexity index is 816. The Morgan fingerprint density at radius 2 is 1.78 bits per heavy atom. The Labute approximate surface area is 135 Å². The molecule has 3 aromatic rings. The fraction of sp³-hybridized carbons (Fsp3) is 0.200. The highest BCUT2D eigenvalue weighted by Crippen LogP contribution is 2.22. The molecule has 0 aromatic heterocycles. The number of nitrogens with one attached hydrogen (secondary N) is 1. The molecule has 0 radical (unpaired) electrons. The van der Waals surface area contributed by atoms with Crippen LogP contribution in [0.25, 0.3) is 10.8 Å². The van der Waals surface area contributed by atoms with Gasteiger partial charge in [-0.2, -0.15) is 0 Å². The van der Waals surface area contributed by atoms with E-state index in [1.807, 2.05) is 42.5 Å². The number of aryl methyl sites for hydroxylation is 1. The van der Waals surface area contributed by atoms with Gasteiger partial charge in [-0.25, -0.2) is 4.39 Å². The van der Waals surface area contributed by atoms with E-state index in [4.69, 9.17) is 0 Å². The van der Waals surface area contributed by atoms with Crippen molar-refractivity contribution in [2.45, 2.75) is 19.4 Å². The van der Waals surface area contributed by atoms with Crippen LogP contribution in [0, 0.1) is 12.7 Å². The maximum Gasteiger partial charge on any atom is 0.128 e. The third kappa shape index (κ3) is 3.69. The summed E-state index contributed by atoms with van der Waals surface area (Å²) >= 11 is 0. The highest BCUT2D eigenvalue weighted by Gasteiger charge is 2.08. The molecule has 0 aliphatic rings. The van der Waals surface area contributed by atoms with E-state index < -0.39 is 6.10 Å². The fourth-order valence-electron chi connectivity index (χ4n) is 2.64. The summed E-state index contributed by atoms with van der Waals surface area (Å²) in [6, 6.07) is 19.2. The quantitative estimate of drug-likeness (QED) is 0.708. The summed E-state index contributed by atoms with van der Waals surface area (Å²) in [6.07, 6.45) is 0.0239. The van der Waals surface area contributed by atoms with Crippen LogP contribution in [0.15, 0.2) is 60.7 Å². The molecule has 3 heteroatoms. The molecule has 2 nitrogen and oxygen atoms in total. The maximum absolute atomic E-state index is 13.5. The number of hydrogen-bond donors (Lipinski definition) is 2. The first-order valence-electron chi connectivity index (χ1n) is 7.80. The van der Waals surface area contributed by atoms with Crippen LogP contribution in [-0.2, 0) is 0 Å². The van der Waals surface area contributed by atoms with Crippen LogP contribution in [0.5, 0.6) is 0 Å². The van der Waals surface area contributed by atoms with Crippen molar-refractivity contribution in [1.29, 1.82) is 0 Å². The van der Waals surface area contributed by atoms with E-state index in [0.717, 1.165) is 22.0 Å². The lowest BCUT2D eigenvalue weighted by atomic mass is 10.0. The first kappa shape index (κ1) is 15.5. The van der Waals surface area contributed by atoms with Crippen molar-refractivity contribution in [2.24, 2.45) is 0 Å². The predicted octanol–water partition coefficient (Wildman–Crippen LogP) is 4.82. The van der Waals surface area contributed by atoms with Gasteiger partial charge < -0.3 is 10.4 Å². The minimum absolute atomic E-state index is 0.218. The van der Waals surface area contributed by atoms with Crippen molar-refractivity contribution < 1.29 is 9.50 Å². The van der Waals surface area contributed by atoms with E-state index >= 15 is 0 Å². The summed E-state index contributed by atoms with van der Waals surface area (Å²) in [5.41, 5.74) is 2.27. The Morgan fingerprint density at radius 1 is 1.00 bits per heavy atom. The molecule has 3 rings (SSSR count). The van der Waals surface area contributed by atoms with Crippen LogP contribution in [0.3, 0.4) is 0 Å². The number of hydrogen-bond acceptors (Lipinski definition) is 2. The third-order valence-electron chi connectivity index (χ3n) is 4.08. The van der Waals surface area contributed by atoms with Crippen molar-refractivity contribution in [3.63, 3.8) is 0 Å². The second-order valence-corrected chi connectivity index (χ2v) is 5.80. The number of fused-ring (bicyclic) bond motifs is 1. The molecule has 1 atom stereocenters. The van der Waals surface area contributed by atoms with Crippen molar-refractivity contribution in [2.75, 3.05) is 11.9 Å². The normalized spacial score (nSPS) is 12.3. The topological polar surface area (TPSA) is 32.3 Å². The highest BCUT2D eigenvalue weighted by molar-refractivity contribution is 5.83. The van der Waals surface area contributed by atoms with Crippen molar-refractivity contribution in [3.8, 4) is 0 Å². The molecule has 118 valence electrons. The average Bonchev–Trinajstić information content (AvgIpc) is 2.57. The van der Waals surface area contributed by atoms with E-state index in [9.17, 15) is 9.50 Å². The van der Waals surface area contributed by atoms with Crippen LogP contribution in [-0.4, -0.2) is 11.7 Å². The first-order chi connectivity index (χ1) is 11.1. The smallest absolute Gasteiger partial charge is 0.128 e. The van der Waals surface area contributed by atoms with E-state index in [1.54, 1.807) is 13.0 Å². The predicted molar refractivity (Wildman–Crippen MR) is 93.2 cm³/mol. The molecule has 23 heavy (non-hydrogen) atoms. The lowest BCUT2D eigenvalue weighted by Crippen LogP contribution is -2.08. The lowest BCUT2D eigenvalue weighted by molar-refractivity contribution is 0.172. The molecule has 0 fully saturated rings. The Morgan fingerprint density at radius 3 is 2.57 bits per heavy atom. The maximum atomic E-state index is 13.5. The van der Waals surface area contributed by atoms with Gasteiger partial charge in [-0.1, -0.05) is 42.5 Å². The Hall–Kier alpha value is -2.39. The molecule has 0 saturated carbocycles. The van der Waals surface area contributed by atoms with Crippen LogP contribution in [0.2, 0.25) is 0 Å². The Balaban J connectivity index is 1.61. The number of anilines is 1. The zero-order valence-electron chi connectivity index (χ0n) is 13.1. The fourth-order valence-corrected chi connectivity index (χ4v) is 2.64. The van der Waals surface area contributed by atoms with E-state index in [-0.39, 0.29) is 5.82 Å². The summed E-state index contributed by atoms with van der Waals surface area (Å²) in [4.78, 5) is 0. The SMILES string of the molecule is Cc1ccc(NCC[C@H](O)c2ccc3ccccc3c2)cc1F. The average molecular weight is 309 g/mol. The summed E-state index contributed by atoms with van der Waals surface area (Å²) in [6.45, 7) is 2.32. The molecule has 0 saturated heterocycles. The zero-order valence-corrected chi connectivity index (χ0v) is 13.1. The van der Waals surface area contributed by atoms with Gasteiger partial charge in [0.25, 0.3) is 0 Å². The lowest BCUT2D eigenvalue weighted by Gasteiger charge is -2.13. The molecule has 0 aliphatic carbocycles. The second-order valence-electron chi connectivity index (χ2n) is 5.80. The summed E-state index contributed by atoms with van der Waals surface area (Å²) in [7, 11) is 0. The molecule has 0 amide bonds. The van der Waals surface area contributed by atoms with Gasteiger partial charge in [0.1, 0.15) is 5.82 Å². The van der Waals surface area contributed by atoms with Crippen LogP contribution in [0.1, 0.15) is 23.7 Å². The molecule has 2 N–H and O–H groups in total. The standard InChI is InChI=1S/C20H20FNO/c1-14-6-9-18(13-19(14)21)22-11-10-20(23)17-8-7-15-4-2-3-5-16(15)12-17/h2-9,12-13,20,22-23H,10-11H2,1H3/t20-/m0/s1. The van der Waals surface area contributed by atoms with Gasteiger partial charge in [0.2, 0.25) is 0 Å². The molecule has 0 unspecified atom stereocenters. The minimum Gasteiger partial charge on any atom is -0.388 e. The minimum atomic E-state index is -0.539. The van der Waals surface area contributed by atoms with Crippen molar-refractivity contribution in [1.82, 2.24) is 0 Å². The summed E-state index contributed by atoms with van der Waals surface area (Å²) < 4.78 is 13.5. The van der Waals surface area contributed by atoms with Gasteiger partial charge in [-0.3, -0.25) is 0 Å². The van der Waals surface area contributed by atoms with Crippen LogP contribution < -0.4 is 5.32 Å². The van der Waals surface area contributed by atoms with Gasteiger partial charge in [0.15, 0.2) is 0 Å². The summed E-state index contributed by atoms with van der Waals surface area (Å²) in [5, 5.41) is 15.8. The molecule has 0 bridgehead atoms. The molecular formula is C20H20FNO. The summed E-state index contributed by atoms with van der Waals surface area (Å²) in [5.74, 6) is -0.218. The van der Waals surface area contributed by atoms with Gasteiger partial charge in [-0.05, 0) is 53.4 Å². The molecular weight excluding hydrogens is 289 g/mol. The number of aliphatic hydroxyl groups excluding tert-OH is 1. The van der Waals surface area contributed by atoms with Crippen molar-refractivity contribution in [3.05, 3.63) is 77.6 Å². The zero-order chi connectivity index (χ0) is 16.2. The molecule has 0 heterocycles. The van der Waals surface area contributed by atoms with E-state index in [1.165, 1.54) is 6.07 Å². The van der Waals surface area contributed by atoms with E-state index in [0.29, 0.717) is 18.5 Å². The molecule has 0 aliphatic heterocycles.